The van der Waals surface area contributed by atoms with Crippen LogP contribution in [0.2, 0.25) is 0 Å². The van der Waals surface area contributed by atoms with Crippen molar-refractivity contribution in [3.63, 3.8) is 0 Å². The first-order valence-electron chi connectivity index (χ1n) is 9.94. The van der Waals surface area contributed by atoms with E-state index in [2.05, 4.69) is 9.88 Å². The average Bonchev–Trinajstić information content (AvgIpc) is 3.21. The van der Waals surface area contributed by atoms with E-state index in [1.54, 1.807) is 4.57 Å². The van der Waals surface area contributed by atoms with Crippen LogP contribution in [0.15, 0.2) is 24.4 Å². The van der Waals surface area contributed by atoms with Crippen molar-refractivity contribution in [3.8, 4) is 5.75 Å². The Balaban J connectivity index is 0.00000231. The van der Waals surface area contributed by atoms with Gasteiger partial charge in [-0.25, -0.2) is 9.37 Å². The van der Waals surface area contributed by atoms with E-state index >= 15 is 0 Å². The first kappa shape index (κ1) is 22.1. The van der Waals surface area contributed by atoms with Gasteiger partial charge >= 0.3 is 6.18 Å². The van der Waals surface area contributed by atoms with Crippen LogP contribution in [0.4, 0.5) is 17.6 Å². The van der Waals surface area contributed by atoms with Crippen molar-refractivity contribution in [1.29, 1.82) is 0 Å². The number of fused-ring (bicyclic) bond motifs is 5. The average molecular weight is 460 g/mol. The van der Waals surface area contributed by atoms with Crippen LogP contribution in [-0.4, -0.2) is 53.4 Å². The summed E-state index contributed by atoms with van der Waals surface area (Å²) in [5.41, 5.74) is -0.487. The molecule has 168 valence electrons. The summed E-state index contributed by atoms with van der Waals surface area (Å²) in [6.45, 7) is 2.44. The van der Waals surface area contributed by atoms with Gasteiger partial charge in [0, 0.05) is 49.2 Å². The minimum absolute atomic E-state index is 0. The smallest absolute Gasteiger partial charge is 0.435 e. The molecule has 2 fully saturated rings. The molecule has 4 heterocycles. The first-order valence-corrected chi connectivity index (χ1v) is 9.94. The SMILES string of the molecule is COc1cc2c(cc1F)c1ccnc(C(F)(F)F)c1n2CCN1CC2CCC(C1)O2.Cl. The number of aromatic nitrogens is 2. The molecule has 2 aliphatic heterocycles. The lowest BCUT2D eigenvalue weighted by atomic mass is 10.1. The number of hydrogen-bond acceptors (Lipinski definition) is 4. The number of rotatable bonds is 4. The lowest BCUT2D eigenvalue weighted by molar-refractivity contribution is -0.140. The highest BCUT2D eigenvalue weighted by Gasteiger charge is 2.37. The summed E-state index contributed by atoms with van der Waals surface area (Å²) in [6, 6.07) is 4.21. The van der Waals surface area contributed by atoms with Crippen molar-refractivity contribution in [1.82, 2.24) is 14.5 Å². The molecule has 0 N–H and O–H groups in total. The maximum absolute atomic E-state index is 14.4. The second-order valence-electron chi connectivity index (χ2n) is 7.93. The van der Waals surface area contributed by atoms with E-state index in [4.69, 9.17) is 9.47 Å². The van der Waals surface area contributed by atoms with Crippen LogP contribution in [0.3, 0.4) is 0 Å². The summed E-state index contributed by atoms with van der Waals surface area (Å²) < 4.78 is 68.2. The van der Waals surface area contributed by atoms with Crippen molar-refractivity contribution in [2.24, 2.45) is 0 Å². The Bertz CT molecular complexity index is 1110. The third-order valence-electron chi connectivity index (χ3n) is 6.07. The normalized spacial score (nSPS) is 21.6. The van der Waals surface area contributed by atoms with Gasteiger partial charge in [0.1, 0.15) is 0 Å². The van der Waals surface area contributed by atoms with E-state index in [1.807, 2.05) is 0 Å². The van der Waals surface area contributed by atoms with E-state index < -0.39 is 17.7 Å². The Kier molecular flexibility index (Phi) is 5.78. The van der Waals surface area contributed by atoms with Crippen LogP contribution >= 0.6 is 12.4 Å². The number of methoxy groups -OCH3 is 1. The number of ether oxygens (including phenoxy) is 2. The topological polar surface area (TPSA) is 39.5 Å². The lowest BCUT2D eigenvalue weighted by Crippen LogP contribution is -2.43. The quantitative estimate of drug-likeness (QED) is 0.533. The number of pyridine rings is 1. The molecule has 0 radical (unpaired) electrons. The molecule has 3 aromatic rings. The van der Waals surface area contributed by atoms with E-state index in [-0.39, 0.29) is 35.9 Å². The number of nitrogens with zero attached hydrogens (tertiary/aromatic N) is 3. The zero-order valence-corrected chi connectivity index (χ0v) is 17.6. The van der Waals surface area contributed by atoms with Gasteiger partial charge in [-0.3, -0.25) is 4.90 Å². The third kappa shape index (κ3) is 3.83. The molecule has 0 amide bonds. The molecule has 0 spiro atoms. The monoisotopic (exact) mass is 459 g/mol. The molecule has 10 heteroatoms. The summed E-state index contributed by atoms with van der Waals surface area (Å²) in [4.78, 5) is 5.85. The van der Waals surface area contributed by atoms with Crippen molar-refractivity contribution in [3.05, 3.63) is 35.9 Å². The maximum Gasteiger partial charge on any atom is 0.435 e. The van der Waals surface area contributed by atoms with Crippen LogP contribution in [0.25, 0.3) is 21.8 Å². The van der Waals surface area contributed by atoms with E-state index in [1.165, 1.54) is 25.3 Å². The molecule has 2 aliphatic rings. The number of alkyl halides is 3. The van der Waals surface area contributed by atoms with Gasteiger partial charge in [0.2, 0.25) is 0 Å². The largest absolute Gasteiger partial charge is 0.494 e. The zero-order chi connectivity index (χ0) is 21.0. The number of hydrogen-bond donors (Lipinski definition) is 0. The molecule has 2 saturated heterocycles. The highest BCUT2D eigenvalue weighted by molar-refractivity contribution is 6.09. The van der Waals surface area contributed by atoms with Gasteiger partial charge < -0.3 is 14.0 Å². The Morgan fingerprint density at radius 2 is 1.84 bits per heavy atom. The molecule has 0 aliphatic carbocycles. The van der Waals surface area contributed by atoms with Crippen LogP contribution in [0.1, 0.15) is 18.5 Å². The molecule has 2 aromatic heterocycles. The summed E-state index contributed by atoms with van der Waals surface area (Å²) in [6.07, 6.45) is -1.06. The summed E-state index contributed by atoms with van der Waals surface area (Å²) in [7, 11) is 1.34. The number of likely N-dealkylation sites (tertiary alicyclic amines) is 1. The molecular weight excluding hydrogens is 438 g/mol. The molecule has 1 aromatic carbocycles. The lowest BCUT2D eigenvalue weighted by Gasteiger charge is -2.32. The molecule has 5 nitrogen and oxygen atoms in total. The van der Waals surface area contributed by atoms with Gasteiger partial charge in [-0.1, -0.05) is 0 Å². The minimum atomic E-state index is -4.62. The molecular formula is C21H22ClF4N3O2. The molecule has 0 saturated carbocycles. The van der Waals surface area contributed by atoms with Crippen molar-refractivity contribution in [2.75, 3.05) is 26.7 Å². The fourth-order valence-electron chi connectivity index (χ4n) is 4.77. The van der Waals surface area contributed by atoms with E-state index in [0.29, 0.717) is 29.4 Å². The number of morpholine rings is 1. The van der Waals surface area contributed by atoms with Gasteiger partial charge in [-0.2, -0.15) is 13.2 Å². The summed E-state index contributed by atoms with van der Waals surface area (Å²) >= 11 is 0. The Hall–Kier alpha value is -2.10. The van der Waals surface area contributed by atoms with Crippen LogP contribution < -0.4 is 4.74 Å². The fourth-order valence-corrected chi connectivity index (χ4v) is 4.77. The molecule has 2 unspecified atom stereocenters. The third-order valence-corrected chi connectivity index (χ3v) is 6.07. The second kappa shape index (κ2) is 8.11. The standard InChI is InChI=1S/C21H21F4N3O2.ClH/c1-29-18-9-17-15(8-16(18)22)14-4-5-26-20(21(23,24)25)19(14)28(17)7-6-27-10-12-2-3-13(11-27)30-12;/h4-5,8-9,12-13H,2-3,6-7,10-11H2,1H3;1H. The van der Waals surface area contributed by atoms with Gasteiger partial charge in [0.05, 0.1) is 30.4 Å². The second-order valence-corrected chi connectivity index (χ2v) is 7.93. The zero-order valence-electron chi connectivity index (χ0n) is 16.8. The van der Waals surface area contributed by atoms with E-state index in [0.717, 1.165) is 32.1 Å². The maximum atomic E-state index is 14.4. The minimum Gasteiger partial charge on any atom is -0.494 e. The summed E-state index contributed by atoms with van der Waals surface area (Å²) in [5.74, 6) is -0.614. The highest BCUT2D eigenvalue weighted by Crippen LogP contribution is 2.39. The molecule has 31 heavy (non-hydrogen) atoms. The van der Waals surface area contributed by atoms with Crippen molar-refractivity contribution in [2.45, 2.75) is 37.8 Å². The predicted molar refractivity (Wildman–Crippen MR) is 110 cm³/mol. The Morgan fingerprint density at radius 3 is 2.48 bits per heavy atom. The number of benzene rings is 1. The van der Waals surface area contributed by atoms with Gasteiger partial charge in [0.25, 0.3) is 0 Å². The van der Waals surface area contributed by atoms with Gasteiger partial charge in [-0.15, -0.1) is 12.4 Å². The van der Waals surface area contributed by atoms with E-state index in [9.17, 15) is 17.6 Å². The van der Waals surface area contributed by atoms with Crippen LogP contribution in [0.5, 0.6) is 5.75 Å². The van der Waals surface area contributed by atoms with Crippen LogP contribution in [0, 0.1) is 5.82 Å². The van der Waals surface area contributed by atoms with Gasteiger partial charge in [-0.05, 0) is 25.0 Å². The fraction of sp³-hybridized carbons (Fsp3) is 0.476. The first-order chi connectivity index (χ1) is 14.3. The predicted octanol–water partition coefficient (Wildman–Crippen LogP) is 4.64. The Morgan fingerprint density at radius 1 is 1.13 bits per heavy atom. The number of halogens is 5. The van der Waals surface area contributed by atoms with Gasteiger partial charge in [0.15, 0.2) is 17.3 Å². The van der Waals surface area contributed by atoms with Crippen LogP contribution in [-0.2, 0) is 17.5 Å². The molecule has 2 atom stereocenters. The summed E-state index contributed by atoms with van der Waals surface area (Å²) in [5, 5.41) is 0.745. The van der Waals surface area contributed by atoms with Crippen molar-refractivity contribution >= 4 is 34.2 Å². The highest BCUT2D eigenvalue weighted by atomic mass is 35.5. The van der Waals surface area contributed by atoms with Crippen molar-refractivity contribution < 1.29 is 27.0 Å². The Labute approximate surface area is 182 Å². The molecule has 2 bridgehead atoms. The molecule has 5 rings (SSSR count).